The lowest BCUT2D eigenvalue weighted by atomic mass is 9.86. The molecule has 0 N–H and O–H groups in total. The number of nitrogens with zero attached hydrogens (tertiary/aromatic N) is 1. The molecule has 0 radical (unpaired) electrons. The van der Waals surface area contributed by atoms with Gasteiger partial charge in [-0.2, -0.15) is 0 Å². The van der Waals surface area contributed by atoms with Crippen molar-refractivity contribution < 1.29 is 4.79 Å². The number of hydrogen-bond donors (Lipinski definition) is 0. The van der Waals surface area contributed by atoms with Crippen molar-refractivity contribution in [3.63, 3.8) is 0 Å². The van der Waals surface area contributed by atoms with Crippen molar-refractivity contribution in [1.29, 1.82) is 0 Å². The minimum atomic E-state index is 0.342. The quantitative estimate of drug-likeness (QED) is 0.668. The highest BCUT2D eigenvalue weighted by atomic mass is 16.2. The average Bonchev–Trinajstić information content (AvgIpc) is 2.90. The average molecular weight is 219 g/mol. The van der Waals surface area contributed by atoms with Gasteiger partial charge < -0.3 is 4.90 Å². The Hall–Kier alpha value is -0.790. The first kappa shape index (κ1) is 10.4. The molecule has 2 aliphatic carbocycles. The standard InChI is InChI=1S/C14H21NO/c1-3-4-9(2)15-8-12-10-5-6-11(7-10)13(12)14(15)16/h5-6,9-13H,3-4,7-8H2,1-2H3. The Bertz CT molecular complexity index is 336. The largest absolute Gasteiger partial charge is 0.339 e. The molecule has 1 saturated carbocycles. The lowest BCUT2D eigenvalue weighted by Crippen LogP contribution is -2.36. The predicted octanol–water partition coefficient (Wildman–Crippen LogP) is 2.46. The molecule has 88 valence electrons. The molecule has 1 saturated heterocycles. The van der Waals surface area contributed by atoms with E-state index in [0.717, 1.165) is 13.0 Å². The summed E-state index contributed by atoms with van der Waals surface area (Å²) < 4.78 is 0. The summed E-state index contributed by atoms with van der Waals surface area (Å²) in [6.45, 7) is 5.43. The van der Waals surface area contributed by atoms with Crippen LogP contribution in [0.5, 0.6) is 0 Å². The maximum Gasteiger partial charge on any atom is 0.226 e. The fourth-order valence-electron chi connectivity index (χ4n) is 4.02. The van der Waals surface area contributed by atoms with Crippen molar-refractivity contribution in [3.8, 4) is 0 Å². The van der Waals surface area contributed by atoms with E-state index in [1.807, 2.05) is 0 Å². The van der Waals surface area contributed by atoms with Gasteiger partial charge in [0.15, 0.2) is 0 Å². The molecule has 2 nitrogen and oxygen atoms in total. The molecule has 1 heterocycles. The summed E-state index contributed by atoms with van der Waals surface area (Å²) in [7, 11) is 0. The predicted molar refractivity (Wildman–Crippen MR) is 63.8 cm³/mol. The minimum absolute atomic E-state index is 0.342. The van der Waals surface area contributed by atoms with Crippen molar-refractivity contribution in [1.82, 2.24) is 4.90 Å². The zero-order chi connectivity index (χ0) is 11.3. The van der Waals surface area contributed by atoms with Crippen LogP contribution in [0.25, 0.3) is 0 Å². The molecule has 0 aromatic heterocycles. The highest BCUT2D eigenvalue weighted by molar-refractivity contribution is 5.83. The minimum Gasteiger partial charge on any atom is -0.339 e. The molecule has 16 heavy (non-hydrogen) atoms. The van der Waals surface area contributed by atoms with Crippen molar-refractivity contribution in [2.45, 2.75) is 39.2 Å². The summed E-state index contributed by atoms with van der Waals surface area (Å²) in [5.41, 5.74) is 0. The van der Waals surface area contributed by atoms with Crippen LogP contribution in [0.15, 0.2) is 12.2 Å². The molecule has 5 atom stereocenters. The fraction of sp³-hybridized carbons (Fsp3) is 0.786. The van der Waals surface area contributed by atoms with Gasteiger partial charge in [0.2, 0.25) is 5.91 Å². The SMILES string of the molecule is CCCC(C)N1CC2C3C=CC(C3)C2C1=O. The molecule has 0 aromatic rings. The van der Waals surface area contributed by atoms with Crippen LogP contribution in [-0.2, 0) is 4.79 Å². The highest BCUT2D eigenvalue weighted by Gasteiger charge is 2.54. The van der Waals surface area contributed by atoms with E-state index < -0.39 is 0 Å². The van der Waals surface area contributed by atoms with E-state index >= 15 is 0 Å². The zero-order valence-corrected chi connectivity index (χ0v) is 10.2. The van der Waals surface area contributed by atoms with Gasteiger partial charge in [0, 0.05) is 18.5 Å². The van der Waals surface area contributed by atoms with E-state index in [2.05, 4.69) is 30.9 Å². The highest BCUT2D eigenvalue weighted by Crippen LogP contribution is 2.52. The van der Waals surface area contributed by atoms with Crippen molar-refractivity contribution in [2.75, 3.05) is 6.54 Å². The smallest absolute Gasteiger partial charge is 0.226 e. The molecule has 5 unspecified atom stereocenters. The van der Waals surface area contributed by atoms with Gasteiger partial charge >= 0.3 is 0 Å². The monoisotopic (exact) mass is 219 g/mol. The van der Waals surface area contributed by atoms with Gasteiger partial charge in [0.25, 0.3) is 0 Å². The summed E-state index contributed by atoms with van der Waals surface area (Å²) >= 11 is 0. The van der Waals surface area contributed by atoms with Crippen molar-refractivity contribution >= 4 is 5.91 Å². The molecule has 0 aromatic carbocycles. The number of likely N-dealkylation sites (tertiary alicyclic amines) is 1. The maximum atomic E-state index is 12.4. The number of carbonyl (C=O) groups excluding carboxylic acids is 1. The lowest BCUT2D eigenvalue weighted by Gasteiger charge is -2.26. The molecule has 0 spiro atoms. The summed E-state index contributed by atoms with van der Waals surface area (Å²) in [5.74, 6) is 2.71. The molecule has 2 heteroatoms. The van der Waals surface area contributed by atoms with E-state index in [1.54, 1.807) is 0 Å². The maximum absolute atomic E-state index is 12.4. The molecule has 3 rings (SSSR count). The second kappa shape index (κ2) is 3.61. The molecule has 2 fully saturated rings. The van der Waals surface area contributed by atoms with Crippen molar-refractivity contribution in [2.24, 2.45) is 23.7 Å². The number of carbonyl (C=O) groups is 1. The summed E-state index contributed by atoms with van der Waals surface area (Å²) in [5, 5.41) is 0. The van der Waals surface area contributed by atoms with Crippen LogP contribution < -0.4 is 0 Å². The topological polar surface area (TPSA) is 20.3 Å². The Balaban J connectivity index is 1.77. The first-order valence-electron chi connectivity index (χ1n) is 6.71. The Morgan fingerprint density at radius 1 is 1.44 bits per heavy atom. The second-order valence-corrected chi connectivity index (χ2v) is 5.77. The van der Waals surface area contributed by atoms with Crippen LogP contribution >= 0.6 is 0 Å². The Morgan fingerprint density at radius 3 is 2.88 bits per heavy atom. The Kier molecular flexibility index (Phi) is 2.34. The summed E-state index contributed by atoms with van der Waals surface area (Å²) in [4.78, 5) is 14.5. The van der Waals surface area contributed by atoms with Crippen LogP contribution in [0.1, 0.15) is 33.1 Å². The molecule has 2 bridgehead atoms. The molecule has 1 aliphatic heterocycles. The normalized spacial score (nSPS) is 41.9. The third kappa shape index (κ3) is 1.28. The fourth-order valence-corrected chi connectivity index (χ4v) is 4.02. The number of hydrogen-bond acceptors (Lipinski definition) is 1. The van der Waals surface area contributed by atoms with Gasteiger partial charge in [0.05, 0.1) is 0 Å². The van der Waals surface area contributed by atoms with Gasteiger partial charge in [-0.3, -0.25) is 4.79 Å². The molecule has 1 amide bonds. The van der Waals surface area contributed by atoms with Crippen LogP contribution in [-0.4, -0.2) is 23.4 Å². The van der Waals surface area contributed by atoms with Crippen LogP contribution in [0.3, 0.4) is 0 Å². The first-order chi connectivity index (χ1) is 7.72. The first-order valence-corrected chi connectivity index (χ1v) is 6.71. The third-order valence-electron chi connectivity index (χ3n) is 4.84. The molecule has 3 aliphatic rings. The van der Waals surface area contributed by atoms with E-state index in [1.165, 1.54) is 12.8 Å². The Morgan fingerprint density at radius 2 is 2.19 bits per heavy atom. The van der Waals surface area contributed by atoms with Gasteiger partial charge in [-0.1, -0.05) is 25.5 Å². The Labute approximate surface area is 97.7 Å². The van der Waals surface area contributed by atoms with E-state index in [0.29, 0.717) is 35.6 Å². The molecular weight excluding hydrogens is 198 g/mol. The molecular formula is C14H21NO. The third-order valence-corrected chi connectivity index (χ3v) is 4.84. The van der Waals surface area contributed by atoms with E-state index in [4.69, 9.17) is 0 Å². The van der Waals surface area contributed by atoms with E-state index in [9.17, 15) is 4.79 Å². The van der Waals surface area contributed by atoms with Crippen LogP contribution in [0, 0.1) is 23.7 Å². The zero-order valence-electron chi connectivity index (χ0n) is 10.2. The summed E-state index contributed by atoms with van der Waals surface area (Å²) in [6.07, 6.45) is 8.21. The van der Waals surface area contributed by atoms with Crippen LogP contribution in [0.4, 0.5) is 0 Å². The van der Waals surface area contributed by atoms with Gasteiger partial charge in [-0.05, 0) is 37.5 Å². The van der Waals surface area contributed by atoms with Gasteiger partial charge in [-0.25, -0.2) is 0 Å². The second-order valence-electron chi connectivity index (χ2n) is 5.77. The number of amides is 1. The van der Waals surface area contributed by atoms with E-state index in [-0.39, 0.29) is 0 Å². The van der Waals surface area contributed by atoms with Crippen LogP contribution in [0.2, 0.25) is 0 Å². The number of allylic oxidation sites excluding steroid dienone is 2. The lowest BCUT2D eigenvalue weighted by molar-refractivity contribution is -0.133. The van der Waals surface area contributed by atoms with Gasteiger partial charge in [-0.15, -0.1) is 0 Å². The number of rotatable bonds is 3. The van der Waals surface area contributed by atoms with Gasteiger partial charge in [0.1, 0.15) is 0 Å². The van der Waals surface area contributed by atoms with Crippen molar-refractivity contribution in [3.05, 3.63) is 12.2 Å². The number of fused-ring (bicyclic) bond motifs is 5. The summed E-state index contributed by atoms with van der Waals surface area (Å²) in [6, 6.07) is 0.447.